The number of carbonyl (C=O) groups is 1. The number of halogens is 1. The lowest BCUT2D eigenvalue weighted by Gasteiger charge is -2.36. The van der Waals surface area contributed by atoms with Crippen LogP contribution in [0, 0.1) is 10.8 Å². The smallest absolute Gasteiger partial charge is 0.247 e. The molecule has 1 aliphatic carbocycles. The second-order valence-corrected chi connectivity index (χ2v) is 9.71. The van der Waals surface area contributed by atoms with Crippen LogP contribution >= 0.6 is 11.6 Å². The maximum absolute atomic E-state index is 12.6. The zero-order chi connectivity index (χ0) is 26.9. The lowest BCUT2D eigenvalue weighted by atomic mass is 10.1. The summed E-state index contributed by atoms with van der Waals surface area (Å²) in [5.74, 6) is 1.23. The van der Waals surface area contributed by atoms with Crippen molar-refractivity contribution in [2.75, 3.05) is 41.7 Å². The van der Waals surface area contributed by atoms with Gasteiger partial charge in [0, 0.05) is 44.7 Å². The first-order valence-corrected chi connectivity index (χ1v) is 12.8. The molecule has 1 saturated carbocycles. The molecule has 39 heavy (non-hydrogen) atoms. The van der Waals surface area contributed by atoms with E-state index in [1.807, 2.05) is 6.07 Å². The van der Waals surface area contributed by atoms with Gasteiger partial charge in [-0.25, -0.2) is 14.6 Å². The maximum atomic E-state index is 12.6. The largest absolute Gasteiger partial charge is 0.367 e. The lowest BCUT2D eigenvalue weighted by molar-refractivity contribution is -0.130. The molecule has 0 radical (unpaired) electrons. The standard InChI is InChI=1S/C23H25ClN14O/c24-20-16(29-23-30-21(28-14-1-2-14)22-27-12-15(11-26)38(22)33-23)7-13(10-25)8-17(20)36-3-5-37(6-4-36)19(39)9-18-31-34-35-32-18/h7-8,10-12,14,25-26H,1-6,9H2,(H2,28,29,30,33)(H,31,32,34,35). The van der Waals surface area contributed by atoms with Gasteiger partial charge in [-0.2, -0.15) is 4.98 Å². The number of piperazine rings is 1. The van der Waals surface area contributed by atoms with Crippen molar-refractivity contribution in [2.24, 2.45) is 0 Å². The average molecular weight is 549 g/mol. The molecule has 0 bridgehead atoms. The van der Waals surface area contributed by atoms with Gasteiger partial charge in [0.2, 0.25) is 11.9 Å². The number of tetrazole rings is 1. The van der Waals surface area contributed by atoms with Crippen molar-refractivity contribution in [3.8, 4) is 0 Å². The molecule has 0 unspecified atom stereocenters. The number of rotatable bonds is 9. The minimum Gasteiger partial charge on any atom is -0.367 e. The molecular weight excluding hydrogens is 524 g/mol. The SMILES string of the molecule is N=Cc1cc(Nc2nc(NC3CC3)c3ncc(C=N)n3n2)c(Cl)c(N2CCN(C(=O)Cc3nnn[nH]3)CC2)c1. The van der Waals surface area contributed by atoms with Gasteiger partial charge in [-0.05, 0) is 41.0 Å². The molecule has 1 amide bonds. The molecule has 2 aliphatic rings. The Morgan fingerprint density at radius 1 is 1.18 bits per heavy atom. The summed E-state index contributed by atoms with van der Waals surface area (Å²) in [7, 11) is 0. The number of benzene rings is 1. The quantitative estimate of drug-likeness (QED) is 0.191. The Labute approximate surface area is 227 Å². The van der Waals surface area contributed by atoms with Crippen molar-refractivity contribution in [1.29, 1.82) is 10.8 Å². The number of imidazole rings is 1. The van der Waals surface area contributed by atoms with Gasteiger partial charge in [0.05, 0.1) is 29.0 Å². The van der Waals surface area contributed by atoms with Crippen molar-refractivity contribution in [3.05, 3.63) is 40.4 Å². The van der Waals surface area contributed by atoms with Gasteiger partial charge in [-0.3, -0.25) is 4.79 Å². The second kappa shape index (κ2) is 10.2. The predicted octanol–water partition coefficient (Wildman–Crippen LogP) is 1.50. The molecule has 16 heteroatoms. The van der Waals surface area contributed by atoms with Crippen LogP contribution in [0.5, 0.6) is 0 Å². The summed E-state index contributed by atoms with van der Waals surface area (Å²) in [5.41, 5.74) is 2.98. The highest BCUT2D eigenvalue weighted by Gasteiger charge is 2.26. The zero-order valence-corrected chi connectivity index (χ0v) is 21.5. The van der Waals surface area contributed by atoms with Crippen molar-refractivity contribution in [1.82, 2.24) is 45.1 Å². The van der Waals surface area contributed by atoms with E-state index in [0.29, 0.717) is 71.5 Å². The number of carbonyl (C=O) groups excluding carboxylic acids is 1. The molecule has 4 aromatic rings. The predicted molar refractivity (Wildman–Crippen MR) is 145 cm³/mol. The fraction of sp³-hybridized carbons (Fsp3) is 0.348. The number of hydrogen-bond acceptors (Lipinski definition) is 12. The normalized spacial score (nSPS) is 15.4. The van der Waals surface area contributed by atoms with E-state index in [9.17, 15) is 4.79 Å². The Balaban J connectivity index is 1.24. The van der Waals surface area contributed by atoms with Crippen LogP contribution in [-0.2, 0) is 11.2 Å². The van der Waals surface area contributed by atoms with E-state index in [4.69, 9.17) is 22.4 Å². The first-order chi connectivity index (χ1) is 19.0. The molecule has 1 aliphatic heterocycles. The summed E-state index contributed by atoms with van der Waals surface area (Å²) < 4.78 is 1.56. The fourth-order valence-corrected chi connectivity index (χ4v) is 4.70. The van der Waals surface area contributed by atoms with Gasteiger partial charge in [0.1, 0.15) is 5.69 Å². The second-order valence-electron chi connectivity index (χ2n) is 9.33. The molecule has 4 heterocycles. The van der Waals surface area contributed by atoms with Crippen LogP contribution in [0.2, 0.25) is 5.02 Å². The first kappa shape index (κ1) is 24.7. The number of H-pyrrole nitrogens is 1. The molecule has 0 atom stereocenters. The van der Waals surface area contributed by atoms with Crippen molar-refractivity contribution in [3.63, 3.8) is 0 Å². The van der Waals surface area contributed by atoms with Crippen LogP contribution in [0.4, 0.5) is 23.1 Å². The minimum absolute atomic E-state index is 0.0538. The van der Waals surface area contributed by atoms with E-state index in [-0.39, 0.29) is 18.3 Å². The fourth-order valence-electron chi connectivity index (χ4n) is 4.43. The van der Waals surface area contributed by atoms with E-state index in [1.54, 1.807) is 21.7 Å². The van der Waals surface area contributed by atoms with Crippen molar-refractivity contribution < 1.29 is 4.79 Å². The Hall–Kier alpha value is -4.66. The Morgan fingerprint density at radius 3 is 2.69 bits per heavy atom. The number of aromatic amines is 1. The van der Waals surface area contributed by atoms with Crippen LogP contribution < -0.4 is 15.5 Å². The number of amides is 1. The van der Waals surface area contributed by atoms with E-state index in [1.165, 1.54) is 12.4 Å². The summed E-state index contributed by atoms with van der Waals surface area (Å²) in [4.78, 5) is 25.5. The number of aromatic nitrogens is 8. The summed E-state index contributed by atoms with van der Waals surface area (Å²) in [6.07, 6.45) is 6.25. The number of nitrogens with zero attached hydrogens (tertiary/aromatic N) is 9. The Bertz CT molecular complexity index is 1540. The Morgan fingerprint density at radius 2 is 2.00 bits per heavy atom. The van der Waals surface area contributed by atoms with Crippen LogP contribution in [0.25, 0.3) is 5.65 Å². The molecular formula is C23H25ClN14O. The molecule has 200 valence electrons. The van der Waals surface area contributed by atoms with Gasteiger partial charge in [0.15, 0.2) is 17.3 Å². The lowest BCUT2D eigenvalue weighted by Crippen LogP contribution is -2.49. The van der Waals surface area contributed by atoms with Crippen molar-refractivity contribution in [2.45, 2.75) is 25.3 Å². The van der Waals surface area contributed by atoms with Gasteiger partial charge < -0.3 is 31.3 Å². The number of fused-ring (bicyclic) bond motifs is 1. The summed E-state index contributed by atoms with van der Waals surface area (Å²) in [6, 6.07) is 3.95. The first-order valence-electron chi connectivity index (χ1n) is 12.4. The third-order valence-corrected chi connectivity index (χ3v) is 7.02. The molecule has 1 aromatic carbocycles. The molecule has 0 spiro atoms. The van der Waals surface area contributed by atoms with E-state index < -0.39 is 0 Å². The van der Waals surface area contributed by atoms with Crippen LogP contribution in [0.1, 0.15) is 29.9 Å². The van der Waals surface area contributed by atoms with Gasteiger partial charge in [-0.15, -0.1) is 10.2 Å². The zero-order valence-electron chi connectivity index (χ0n) is 20.7. The van der Waals surface area contributed by atoms with Crippen LogP contribution in [-0.4, -0.2) is 95.7 Å². The molecule has 15 nitrogen and oxygen atoms in total. The van der Waals surface area contributed by atoms with E-state index >= 15 is 0 Å². The molecule has 6 rings (SSSR count). The molecule has 5 N–H and O–H groups in total. The molecule has 3 aromatic heterocycles. The third-order valence-electron chi connectivity index (χ3n) is 6.62. The third kappa shape index (κ3) is 5.07. The van der Waals surface area contributed by atoms with Gasteiger partial charge >= 0.3 is 0 Å². The highest BCUT2D eigenvalue weighted by molar-refractivity contribution is 6.36. The molecule has 1 saturated heterocycles. The minimum atomic E-state index is -0.0538. The number of nitrogens with one attached hydrogen (secondary N) is 5. The summed E-state index contributed by atoms with van der Waals surface area (Å²) in [5, 5.41) is 40.6. The van der Waals surface area contributed by atoms with Crippen LogP contribution in [0.3, 0.4) is 0 Å². The van der Waals surface area contributed by atoms with Crippen LogP contribution in [0.15, 0.2) is 18.3 Å². The highest BCUT2D eigenvalue weighted by atomic mass is 35.5. The number of anilines is 4. The highest BCUT2D eigenvalue weighted by Crippen LogP contribution is 2.36. The van der Waals surface area contributed by atoms with E-state index in [0.717, 1.165) is 18.5 Å². The number of hydrogen-bond donors (Lipinski definition) is 5. The summed E-state index contributed by atoms with van der Waals surface area (Å²) >= 11 is 6.89. The maximum Gasteiger partial charge on any atom is 0.247 e. The Kier molecular flexibility index (Phi) is 6.48. The van der Waals surface area contributed by atoms with Gasteiger partial charge in [0.25, 0.3) is 0 Å². The van der Waals surface area contributed by atoms with Crippen molar-refractivity contribution >= 4 is 58.7 Å². The van der Waals surface area contributed by atoms with Gasteiger partial charge in [-0.1, -0.05) is 11.6 Å². The topological polar surface area (TPSA) is 193 Å². The summed E-state index contributed by atoms with van der Waals surface area (Å²) in [6.45, 7) is 2.15. The monoisotopic (exact) mass is 548 g/mol. The average Bonchev–Trinajstić information content (AvgIpc) is 3.43. The molecule has 2 fully saturated rings. The van der Waals surface area contributed by atoms with E-state index in [2.05, 4.69) is 51.2 Å².